The number of rotatable bonds is 4. The molecule has 7 heteroatoms. The van der Waals surface area contributed by atoms with Gasteiger partial charge in [-0.2, -0.15) is 0 Å². The van der Waals surface area contributed by atoms with E-state index >= 15 is 0 Å². The molecule has 0 aliphatic carbocycles. The number of aromatic nitrogens is 3. The Morgan fingerprint density at radius 2 is 2.50 bits per heavy atom. The van der Waals surface area contributed by atoms with Gasteiger partial charge in [-0.1, -0.05) is 4.49 Å². The Hall–Kier alpha value is -0.890. The Labute approximate surface area is 89.1 Å². The molecule has 0 spiro atoms. The summed E-state index contributed by atoms with van der Waals surface area (Å²) >= 11 is 2.97. The van der Waals surface area contributed by atoms with Crippen LogP contribution in [0.25, 0.3) is 0 Å². The van der Waals surface area contributed by atoms with Gasteiger partial charge in [-0.05, 0) is 11.5 Å². The minimum absolute atomic E-state index is 0.0566. The highest BCUT2D eigenvalue weighted by Crippen LogP contribution is 2.20. The molecule has 0 saturated carbocycles. The van der Waals surface area contributed by atoms with Gasteiger partial charge in [0.05, 0.1) is 22.1 Å². The molecular formula is C7H9N5S2. The first kappa shape index (κ1) is 9.66. The van der Waals surface area contributed by atoms with Gasteiger partial charge in [0.15, 0.2) is 0 Å². The molecular weight excluding hydrogens is 218 g/mol. The topological polar surface area (TPSA) is 76.7 Å². The van der Waals surface area contributed by atoms with Crippen LogP contribution in [0.3, 0.4) is 0 Å². The van der Waals surface area contributed by atoms with Crippen LogP contribution in [-0.2, 0) is 6.42 Å². The number of nitrogens with one attached hydrogen (secondary N) is 1. The van der Waals surface area contributed by atoms with Crippen molar-refractivity contribution in [2.45, 2.75) is 12.5 Å². The quantitative estimate of drug-likeness (QED) is 0.595. The molecule has 0 amide bonds. The summed E-state index contributed by atoms with van der Waals surface area (Å²) in [6.45, 7) is 0. The molecule has 0 aliphatic heterocycles. The van der Waals surface area contributed by atoms with Gasteiger partial charge >= 0.3 is 0 Å². The molecule has 0 aliphatic rings. The van der Waals surface area contributed by atoms with Crippen molar-refractivity contribution in [3.63, 3.8) is 0 Å². The maximum atomic E-state index is 5.46. The molecule has 1 atom stereocenters. The van der Waals surface area contributed by atoms with Crippen LogP contribution in [0.1, 0.15) is 15.9 Å². The van der Waals surface area contributed by atoms with Crippen LogP contribution in [0, 0.1) is 0 Å². The third-order valence-corrected chi connectivity index (χ3v) is 3.36. The largest absolute Gasteiger partial charge is 0.271 e. The second kappa shape index (κ2) is 4.56. The Morgan fingerprint density at radius 3 is 3.07 bits per heavy atom. The van der Waals surface area contributed by atoms with E-state index in [1.165, 1.54) is 11.5 Å². The molecule has 0 saturated heterocycles. The lowest BCUT2D eigenvalue weighted by atomic mass is 10.2. The highest BCUT2D eigenvalue weighted by atomic mass is 32.1. The first-order chi connectivity index (χ1) is 6.90. The van der Waals surface area contributed by atoms with Gasteiger partial charge in [0, 0.05) is 18.0 Å². The zero-order valence-corrected chi connectivity index (χ0v) is 8.88. The van der Waals surface area contributed by atoms with Crippen LogP contribution in [-0.4, -0.2) is 14.6 Å². The van der Waals surface area contributed by atoms with Crippen LogP contribution < -0.4 is 11.3 Å². The molecule has 2 rings (SSSR count). The lowest BCUT2D eigenvalue weighted by Crippen LogP contribution is -2.28. The van der Waals surface area contributed by atoms with E-state index < -0.39 is 0 Å². The van der Waals surface area contributed by atoms with E-state index in [0.29, 0.717) is 0 Å². The Kier molecular flexibility index (Phi) is 3.14. The van der Waals surface area contributed by atoms with E-state index in [0.717, 1.165) is 16.3 Å². The third-order valence-electron chi connectivity index (χ3n) is 1.79. The molecule has 2 heterocycles. The van der Waals surface area contributed by atoms with Crippen molar-refractivity contribution in [2.24, 2.45) is 5.84 Å². The average molecular weight is 227 g/mol. The monoisotopic (exact) mass is 227 g/mol. The molecule has 2 aromatic heterocycles. The van der Waals surface area contributed by atoms with Crippen LogP contribution >= 0.6 is 22.9 Å². The summed E-state index contributed by atoms with van der Waals surface area (Å²) in [5.74, 6) is 5.46. The van der Waals surface area contributed by atoms with Gasteiger partial charge in [0.25, 0.3) is 0 Å². The van der Waals surface area contributed by atoms with Crippen molar-refractivity contribution in [2.75, 3.05) is 0 Å². The van der Waals surface area contributed by atoms with E-state index in [1.807, 2.05) is 5.38 Å². The fourth-order valence-electron chi connectivity index (χ4n) is 1.10. The fourth-order valence-corrected chi connectivity index (χ4v) is 2.32. The Bertz CT molecular complexity index is 357. The zero-order valence-electron chi connectivity index (χ0n) is 7.25. The number of hydrogen-bond donors (Lipinski definition) is 2. The minimum Gasteiger partial charge on any atom is -0.271 e. The van der Waals surface area contributed by atoms with Gasteiger partial charge < -0.3 is 0 Å². The van der Waals surface area contributed by atoms with Crippen molar-refractivity contribution in [3.05, 3.63) is 27.7 Å². The Balaban J connectivity index is 2.08. The molecule has 3 N–H and O–H groups in total. The summed E-state index contributed by atoms with van der Waals surface area (Å²) in [5.41, 5.74) is 2.74. The van der Waals surface area contributed by atoms with Gasteiger partial charge in [0.2, 0.25) is 0 Å². The number of hydrazine groups is 1. The summed E-state index contributed by atoms with van der Waals surface area (Å²) in [6.07, 6.45) is 4.29. The SMILES string of the molecule is NNC(Cc1nccs1)c1cnns1. The molecule has 74 valence electrons. The molecule has 0 bridgehead atoms. The fraction of sp³-hybridized carbons (Fsp3) is 0.286. The van der Waals surface area contributed by atoms with Crippen molar-refractivity contribution in [1.82, 2.24) is 20.0 Å². The maximum absolute atomic E-state index is 5.46. The van der Waals surface area contributed by atoms with Gasteiger partial charge in [-0.25, -0.2) is 4.98 Å². The summed E-state index contributed by atoms with van der Waals surface area (Å²) in [5, 5.41) is 6.79. The second-order valence-electron chi connectivity index (χ2n) is 2.67. The standard InChI is InChI=1S/C7H9N5S2/c8-11-5(6-4-10-12-14-6)3-7-9-1-2-13-7/h1-2,4-5,11H,3,8H2. The zero-order chi connectivity index (χ0) is 9.80. The number of nitrogens with two attached hydrogens (primary N) is 1. The second-order valence-corrected chi connectivity index (χ2v) is 4.47. The average Bonchev–Trinajstić information content (AvgIpc) is 2.86. The Morgan fingerprint density at radius 1 is 1.57 bits per heavy atom. The van der Waals surface area contributed by atoms with Crippen LogP contribution in [0.4, 0.5) is 0 Å². The van der Waals surface area contributed by atoms with Gasteiger partial charge in [-0.15, -0.1) is 16.4 Å². The smallest absolute Gasteiger partial charge is 0.0944 e. The summed E-state index contributed by atoms with van der Waals surface area (Å²) < 4.78 is 3.80. The normalized spacial score (nSPS) is 12.9. The predicted molar refractivity (Wildman–Crippen MR) is 55.8 cm³/mol. The molecule has 2 aromatic rings. The van der Waals surface area contributed by atoms with Crippen molar-refractivity contribution in [3.8, 4) is 0 Å². The highest BCUT2D eigenvalue weighted by molar-refractivity contribution is 7.09. The maximum Gasteiger partial charge on any atom is 0.0944 e. The molecule has 14 heavy (non-hydrogen) atoms. The van der Waals surface area contributed by atoms with E-state index in [9.17, 15) is 0 Å². The number of thiazole rings is 1. The van der Waals surface area contributed by atoms with Crippen molar-refractivity contribution >= 4 is 22.9 Å². The van der Waals surface area contributed by atoms with Gasteiger partial charge in [-0.3, -0.25) is 11.3 Å². The van der Waals surface area contributed by atoms with Crippen LogP contribution in [0.2, 0.25) is 0 Å². The lowest BCUT2D eigenvalue weighted by Gasteiger charge is -2.10. The van der Waals surface area contributed by atoms with Crippen LogP contribution in [0.15, 0.2) is 17.8 Å². The number of nitrogens with zero attached hydrogens (tertiary/aromatic N) is 3. The summed E-state index contributed by atoms with van der Waals surface area (Å²) in [7, 11) is 0. The first-order valence-corrected chi connectivity index (χ1v) is 5.67. The third kappa shape index (κ3) is 2.13. The minimum atomic E-state index is 0.0566. The van der Waals surface area contributed by atoms with E-state index in [1.54, 1.807) is 23.7 Å². The van der Waals surface area contributed by atoms with Gasteiger partial charge in [0.1, 0.15) is 0 Å². The lowest BCUT2D eigenvalue weighted by molar-refractivity contribution is 0.558. The number of hydrogen-bond acceptors (Lipinski definition) is 7. The molecule has 5 nitrogen and oxygen atoms in total. The molecule has 0 fully saturated rings. The highest BCUT2D eigenvalue weighted by Gasteiger charge is 2.13. The predicted octanol–water partition coefficient (Wildman–Crippen LogP) is 0.742. The molecule has 0 aromatic carbocycles. The van der Waals surface area contributed by atoms with E-state index in [2.05, 4.69) is 20.0 Å². The van der Waals surface area contributed by atoms with Crippen LogP contribution in [0.5, 0.6) is 0 Å². The summed E-state index contributed by atoms with van der Waals surface area (Å²) in [4.78, 5) is 5.23. The first-order valence-electron chi connectivity index (χ1n) is 4.02. The molecule has 0 radical (unpaired) electrons. The van der Waals surface area contributed by atoms with E-state index in [-0.39, 0.29) is 6.04 Å². The molecule has 1 unspecified atom stereocenters. The van der Waals surface area contributed by atoms with Crippen molar-refractivity contribution < 1.29 is 0 Å². The summed E-state index contributed by atoms with van der Waals surface area (Å²) in [6, 6.07) is 0.0566. The van der Waals surface area contributed by atoms with E-state index in [4.69, 9.17) is 5.84 Å². The van der Waals surface area contributed by atoms with Crippen molar-refractivity contribution in [1.29, 1.82) is 0 Å².